The van der Waals surface area contributed by atoms with Crippen molar-refractivity contribution in [2.45, 2.75) is 0 Å². The number of ether oxygens (including phenoxy) is 2. The van der Waals surface area contributed by atoms with Gasteiger partial charge in [-0.25, -0.2) is 0 Å². The molecule has 0 saturated carbocycles. The number of amides is 1. The summed E-state index contributed by atoms with van der Waals surface area (Å²) in [5.74, 6) is 1.37. The quantitative estimate of drug-likeness (QED) is 0.465. The van der Waals surface area contributed by atoms with Gasteiger partial charge in [0.2, 0.25) is 5.91 Å². The Morgan fingerprint density at radius 2 is 1.50 bits per heavy atom. The SMILES string of the molecule is COc1ccc(OCCNC(=O)/C=C/c2ccc(-c3ccccc3)cc2)cc1. The van der Waals surface area contributed by atoms with Gasteiger partial charge in [-0.05, 0) is 47.0 Å². The predicted octanol–water partition coefficient (Wildman–Crippen LogP) is 4.57. The Hall–Kier alpha value is -3.53. The zero-order valence-electron chi connectivity index (χ0n) is 15.8. The minimum atomic E-state index is -0.148. The molecule has 0 aliphatic carbocycles. The van der Waals surface area contributed by atoms with Crippen molar-refractivity contribution in [1.29, 1.82) is 0 Å². The summed E-state index contributed by atoms with van der Waals surface area (Å²) >= 11 is 0. The molecule has 0 saturated heterocycles. The molecule has 28 heavy (non-hydrogen) atoms. The first kappa shape index (κ1) is 19.2. The lowest BCUT2D eigenvalue weighted by Gasteiger charge is -2.07. The van der Waals surface area contributed by atoms with Crippen LogP contribution in [0.3, 0.4) is 0 Å². The minimum Gasteiger partial charge on any atom is -0.497 e. The Morgan fingerprint density at radius 1 is 0.857 bits per heavy atom. The summed E-state index contributed by atoms with van der Waals surface area (Å²) in [6.45, 7) is 0.833. The van der Waals surface area contributed by atoms with E-state index in [1.165, 1.54) is 11.6 Å². The Kier molecular flexibility index (Phi) is 6.85. The van der Waals surface area contributed by atoms with Gasteiger partial charge < -0.3 is 14.8 Å². The number of carbonyl (C=O) groups is 1. The molecule has 0 aliphatic rings. The van der Waals surface area contributed by atoms with Crippen LogP contribution in [0.5, 0.6) is 11.5 Å². The summed E-state index contributed by atoms with van der Waals surface area (Å²) in [6.07, 6.45) is 3.33. The number of carbonyl (C=O) groups excluding carboxylic acids is 1. The molecule has 3 aromatic carbocycles. The molecule has 1 amide bonds. The lowest BCUT2D eigenvalue weighted by atomic mass is 10.0. The van der Waals surface area contributed by atoms with Crippen LogP contribution in [0.15, 0.2) is 84.9 Å². The summed E-state index contributed by atoms with van der Waals surface area (Å²) in [7, 11) is 1.62. The molecule has 142 valence electrons. The zero-order chi connectivity index (χ0) is 19.6. The molecule has 3 aromatic rings. The van der Waals surface area contributed by atoms with Crippen molar-refractivity contribution in [2.24, 2.45) is 0 Å². The second-order valence-electron chi connectivity index (χ2n) is 6.14. The van der Waals surface area contributed by atoms with Gasteiger partial charge in [-0.1, -0.05) is 54.6 Å². The molecule has 0 radical (unpaired) electrons. The van der Waals surface area contributed by atoms with Crippen LogP contribution in [0.4, 0.5) is 0 Å². The van der Waals surface area contributed by atoms with E-state index >= 15 is 0 Å². The zero-order valence-corrected chi connectivity index (χ0v) is 15.8. The van der Waals surface area contributed by atoms with Gasteiger partial charge in [-0.3, -0.25) is 4.79 Å². The third kappa shape index (κ3) is 5.74. The molecule has 0 bridgehead atoms. The molecule has 1 N–H and O–H groups in total. The summed E-state index contributed by atoms with van der Waals surface area (Å²) in [6, 6.07) is 25.6. The van der Waals surface area contributed by atoms with Crippen molar-refractivity contribution < 1.29 is 14.3 Å². The van der Waals surface area contributed by atoms with Gasteiger partial charge in [0.05, 0.1) is 13.7 Å². The summed E-state index contributed by atoms with van der Waals surface area (Å²) in [5.41, 5.74) is 3.30. The van der Waals surface area contributed by atoms with Crippen LogP contribution in [-0.4, -0.2) is 26.2 Å². The van der Waals surface area contributed by atoms with Gasteiger partial charge in [-0.2, -0.15) is 0 Å². The van der Waals surface area contributed by atoms with Crippen molar-refractivity contribution in [2.75, 3.05) is 20.3 Å². The van der Waals surface area contributed by atoms with Gasteiger partial charge >= 0.3 is 0 Å². The van der Waals surface area contributed by atoms with Crippen LogP contribution in [0.1, 0.15) is 5.56 Å². The lowest BCUT2D eigenvalue weighted by molar-refractivity contribution is -0.116. The molecule has 0 aromatic heterocycles. The van der Waals surface area contributed by atoms with Crippen molar-refractivity contribution >= 4 is 12.0 Å². The fraction of sp³-hybridized carbons (Fsp3) is 0.125. The maximum atomic E-state index is 11.9. The third-order valence-electron chi connectivity index (χ3n) is 4.17. The molecular formula is C24H23NO3. The van der Waals surface area contributed by atoms with Crippen molar-refractivity contribution in [3.63, 3.8) is 0 Å². The molecule has 0 fully saturated rings. The fourth-order valence-electron chi connectivity index (χ4n) is 2.66. The monoisotopic (exact) mass is 373 g/mol. The van der Waals surface area contributed by atoms with E-state index in [1.54, 1.807) is 13.2 Å². The lowest BCUT2D eigenvalue weighted by Crippen LogP contribution is -2.26. The van der Waals surface area contributed by atoms with E-state index in [0.29, 0.717) is 13.2 Å². The highest BCUT2D eigenvalue weighted by atomic mass is 16.5. The van der Waals surface area contributed by atoms with E-state index < -0.39 is 0 Å². The molecule has 3 rings (SSSR count). The molecule has 0 atom stereocenters. The van der Waals surface area contributed by atoms with Gasteiger partial charge in [-0.15, -0.1) is 0 Å². The molecule has 0 spiro atoms. The number of benzene rings is 3. The molecule has 0 heterocycles. The highest BCUT2D eigenvalue weighted by Gasteiger charge is 1.99. The maximum absolute atomic E-state index is 11.9. The molecule has 0 aliphatic heterocycles. The van der Waals surface area contributed by atoms with Gasteiger partial charge in [0.15, 0.2) is 0 Å². The molecule has 4 heteroatoms. The van der Waals surface area contributed by atoms with E-state index in [2.05, 4.69) is 29.6 Å². The predicted molar refractivity (Wildman–Crippen MR) is 112 cm³/mol. The van der Waals surface area contributed by atoms with Crippen LogP contribution < -0.4 is 14.8 Å². The Balaban J connectivity index is 1.42. The van der Waals surface area contributed by atoms with Crippen LogP contribution in [0, 0.1) is 0 Å². The maximum Gasteiger partial charge on any atom is 0.244 e. The summed E-state index contributed by atoms with van der Waals surface area (Å²) in [4.78, 5) is 11.9. The molecular weight excluding hydrogens is 350 g/mol. The average Bonchev–Trinajstić information content (AvgIpc) is 2.76. The summed E-state index contributed by atoms with van der Waals surface area (Å²) in [5, 5.41) is 2.81. The second-order valence-corrected chi connectivity index (χ2v) is 6.14. The summed E-state index contributed by atoms with van der Waals surface area (Å²) < 4.78 is 10.7. The van der Waals surface area contributed by atoms with E-state index in [9.17, 15) is 4.79 Å². The minimum absolute atomic E-state index is 0.148. The Morgan fingerprint density at radius 3 is 2.18 bits per heavy atom. The fourth-order valence-corrected chi connectivity index (χ4v) is 2.66. The molecule has 0 unspecified atom stereocenters. The van der Waals surface area contributed by atoms with Crippen LogP contribution >= 0.6 is 0 Å². The number of methoxy groups -OCH3 is 1. The highest BCUT2D eigenvalue weighted by Crippen LogP contribution is 2.19. The van der Waals surface area contributed by atoms with Crippen molar-refractivity contribution in [3.8, 4) is 22.6 Å². The normalized spacial score (nSPS) is 10.6. The van der Waals surface area contributed by atoms with Crippen molar-refractivity contribution in [1.82, 2.24) is 5.32 Å². The standard InChI is InChI=1S/C24H23NO3/c1-27-22-12-14-23(15-13-22)28-18-17-25-24(26)16-9-19-7-10-21(11-8-19)20-5-3-2-4-6-20/h2-16H,17-18H2,1H3,(H,25,26)/b16-9+. The van der Waals surface area contributed by atoms with Crippen LogP contribution in [0.2, 0.25) is 0 Å². The topological polar surface area (TPSA) is 47.6 Å². The van der Waals surface area contributed by atoms with Gasteiger partial charge in [0, 0.05) is 6.08 Å². The van der Waals surface area contributed by atoms with E-state index in [1.807, 2.05) is 54.6 Å². The van der Waals surface area contributed by atoms with Crippen LogP contribution in [0.25, 0.3) is 17.2 Å². The smallest absolute Gasteiger partial charge is 0.244 e. The third-order valence-corrected chi connectivity index (χ3v) is 4.17. The highest BCUT2D eigenvalue weighted by molar-refractivity contribution is 5.91. The molecule has 4 nitrogen and oxygen atoms in total. The first-order chi connectivity index (χ1) is 13.7. The van der Waals surface area contributed by atoms with E-state index in [4.69, 9.17) is 9.47 Å². The Bertz CT molecular complexity index is 901. The number of hydrogen-bond donors (Lipinski definition) is 1. The van der Waals surface area contributed by atoms with Gasteiger partial charge in [0.25, 0.3) is 0 Å². The average molecular weight is 373 g/mol. The second kappa shape index (κ2) is 9.97. The Labute approximate surface area is 165 Å². The first-order valence-electron chi connectivity index (χ1n) is 9.13. The van der Waals surface area contributed by atoms with E-state index in [0.717, 1.165) is 22.6 Å². The number of hydrogen-bond acceptors (Lipinski definition) is 3. The van der Waals surface area contributed by atoms with E-state index in [-0.39, 0.29) is 5.91 Å². The van der Waals surface area contributed by atoms with Crippen LogP contribution in [-0.2, 0) is 4.79 Å². The number of nitrogens with one attached hydrogen (secondary N) is 1. The first-order valence-corrected chi connectivity index (χ1v) is 9.13. The largest absolute Gasteiger partial charge is 0.497 e. The van der Waals surface area contributed by atoms with Crippen molar-refractivity contribution in [3.05, 3.63) is 90.5 Å². The van der Waals surface area contributed by atoms with Gasteiger partial charge in [0.1, 0.15) is 18.1 Å². The number of rotatable bonds is 8.